The van der Waals surface area contributed by atoms with Crippen LogP contribution in [0.4, 0.5) is 11.8 Å². The molecule has 1 aromatic carbocycles. The Morgan fingerprint density at radius 3 is 2.77 bits per heavy atom. The minimum atomic E-state index is -0.206. The second-order valence-corrected chi connectivity index (χ2v) is 7.07. The van der Waals surface area contributed by atoms with Crippen molar-refractivity contribution in [3.63, 3.8) is 0 Å². The molecule has 0 bridgehead atoms. The third kappa shape index (κ3) is 3.58. The molecule has 26 heavy (non-hydrogen) atoms. The van der Waals surface area contributed by atoms with Crippen molar-refractivity contribution in [3.8, 4) is 0 Å². The summed E-state index contributed by atoms with van der Waals surface area (Å²) in [6, 6.07) is 8.04. The van der Waals surface area contributed by atoms with Crippen molar-refractivity contribution in [2.45, 2.75) is 31.8 Å². The molecular formula is C19H25N5O2. The number of carbonyl (C=O) groups is 1. The molecule has 3 N–H and O–H groups in total. The Morgan fingerprint density at radius 2 is 2.04 bits per heavy atom. The number of nitrogens with two attached hydrogens (primary N) is 1. The van der Waals surface area contributed by atoms with Gasteiger partial charge in [0.25, 0.3) is 0 Å². The number of carbonyl (C=O) groups excluding carboxylic acids is 1. The Kier molecular flexibility index (Phi) is 4.88. The minimum Gasteiger partial charge on any atom is -0.376 e. The summed E-state index contributed by atoms with van der Waals surface area (Å²) in [5.41, 5.74) is 6.36. The van der Waals surface area contributed by atoms with Crippen molar-refractivity contribution >= 4 is 28.6 Å². The lowest BCUT2D eigenvalue weighted by molar-refractivity contribution is -0.122. The standard InChI is InChI=1S/C19H25N5O2/c20-17(25)13-7-9-24(10-8-13)19-22-16-6-2-1-5-15(16)18(23-19)21-12-14-4-3-11-26-14/h1-2,5-6,13-14H,3-4,7-12H2,(H2,20,25)(H,21,22,23)/t14-/m1/s1. The van der Waals surface area contributed by atoms with Gasteiger partial charge in [0.05, 0.1) is 11.6 Å². The van der Waals surface area contributed by atoms with E-state index in [-0.39, 0.29) is 17.9 Å². The highest BCUT2D eigenvalue weighted by atomic mass is 16.5. The zero-order valence-corrected chi connectivity index (χ0v) is 14.9. The number of nitrogens with zero attached hydrogens (tertiary/aromatic N) is 3. The number of ether oxygens (including phenoxy) is 1. The number of anilines is 2. The number of amides is 1. The van der Waals surface area contributed by atoms with Crippen LogP contribution in [0.1, 0.15) is 25.7 Å². The highest BCUT2D eigenvalue weighted by Gasteiger charge is 2.25. The van der Waals surface area contributed by atoms with Gasteiger partial charge in [0, 0.05) is 37.5 Å². The van der Waals surface area contributed by atoms with Crippen LogP contribution in [0.5, 0.6) is 0 Å². The molecule has 2 fully saturated rings. The van der Waals surface area contributed by atoms with Crippen LogP contribution in [-0.4, -0.2) is 48.2 Å². The van der Waals surface area contributed by atoms with E-state index in [1.165, 1.54) is 0 Å². The first-order valence-electron chi connectivity index (χ1n) is 9.37. The van der Waals surface area contributed by atoms with Gasteiger partial charge in [0.15, 0.2) is 0 Å². The lowest BCUT2D eigenvalue weighted by Crippen LogP contribution is -2.39. The third-order valence-corrected chi connectivity index (χ3v) is 5.29. The van der Waals surface area contributed by atoms with E-state index in [4.69, 9.17) is 20.4 Å². The van der Waals surface area contributed by atoms with Gasteiger partial charge in [0.2, 0.25) is 11.9 Å². The Hall–Kier alpha value is -2.41. The molecule has 1 amide bonds. The number of aromatic nitrogens is 2. The van der Waals surface area contributed by atoms with E-state index in [2.05, 4.69) is 10.2 Å². The third-order valence-electron chi connectivity index (χ3n) is 5.29. The summed E-state index contributed by atoms with van der Waals surface area (Å²) in [5, 5.41) is 4.47. The van der Waals surface area contributed by atoms with E-state index in [9.17, 15) is 4.79 Å². The molecular weight excluding hydrogens is 330 g/mol. The molecule has 0 spiro atoms. The van der Waals surface area contributed by atoms with E-state index in [1.54, 1.807) is 0 Å². The maximum absolute atomic E-state index is 11.4. The first-order chi connectivity index (χ1) is 12.7. The second kappa shape index (κ2) is 7.45. The Bertz CT molecular complexity index is 783. The number of piperidine rings is 1. The fourth-order valence-corrected chi connectivity index (χ4v) is 3.72. The molecule has 7 heteroatoms. The molecule has 4 rings (SSSR count). The molecule has 0 unspecified atom stereocenters. The maximum atomic E-state index is 11.4. The molecule has 1 aromatic heterocycles. The van der Waals surface area contributed by atoms with Crippen LogP contribution in [0.3, 0.4) is 0 Å². The minimum absolute atomic E-state index is 0.0381. The van der Waals surface area contributed by atoms with Crippen LogP contribution >= 0.6 is 0 Å². The number of rotatable bonds is 5. The highest BCUT2D eigenvalue weighted by Crippen LogP contribution is 2.27. The van der Waals surface area contributed by atoms with E-state index >= 15 is 0 Å². The van der Waals surface area contributed by atoms with Crippen LogP contribution in [0.2, 0.25) is 0 Å². The molecule has 2 aromatic rings. The SMILES string of the molecule is NC(=O)C1CCN(c2nc(NC[C@H]3CCCO3)c3ccccc3n2)CC1. The molecule has 3 heterocycles. The number of para-hydroxylation sites is 1. The molecule has 7 nitrogen and oxygen atoms in total. The predicted octanol–water partition coefficient (Wildman–Crippen LogP) is 1.92. The zero-order valence-electron chi connectivity index (χ0n) is 14.9. The van der Waals surface area contributed by atoms with E-state index in [1.807, 2.05) is 24.3 Å². The van der Waals surface area contributed by atoms with Gasteiger partial charge in [-0.05, 0) is 37.8 Å². The number of hydrogen-bond donors (Lipinski definition) is 2. The normalized spacial score (nSPS) is 21.2. The fraction of sp³-hybridized carbons (Fsp3) is 0.526. The summed E-state index contributed by atoms with van der Waals surface area (Å²) in [6.07, 6.45) is 3.97. The number of primary amides is 1. The largest absolute Gasteiger partial charge is 0.376 e. The lowest BCUT2D eigenvalue weighted by atomic mass is 9.96. The van der Waals surface area contributed by atoms with E-state index in [0.717, 1.165) is 68.6 Å². The highest BCUT2D eigenvalue weighted by molar-refractivity contribution is 5.90. The van der Waals surface area contributed by atoms with Gasteiger partial charge in [-0.2, -0.15) is 4.98 Å². The maximum Gasteiger partial charge on any atom is 0.227 e. The van der Waals surface area contributed by atoms with Gasteiger partial charge in [-0.25, -0.2) is 4.98 Å². The molecule has 2 saturated heterocycles. The van der Waals surface area contributed by atoms with E-state index in [0.29, 0.717) is 5.95 Å². The predicted molar refractivity (Wildman–Crippen MR) is 101 cm³/mol. The van der Waals surface area contributed by atoms with Gasteiger partial charge in [-0.15, -0.1) is 0 Å². The topological polar surface area (TPSA) is 93.4 Å². The van der Waals surface area contributed by atoms with Gasteiger partial charge < -0.3 is 20.7 Å². The van der Waals surface area contributed by atoms with Crippen LogP contribution in [0, 0.1) is 5.92 Å². The van der Waals surface area contributed by atoms with Crippen LogP contribution < -0.4 is 16.0 Å². The number of nitrogens with one attached hydrogen (secondary N) is 1. The smallest absolute Gasteiger partial charge is 0.227 e. The Morgan fingerprint density at radius 1 is 1.23 bits per heavy atom. The van der Waals surface area contributed by atoms with Gasteiger partial charge in [-0.3, -0.25) is 4.79 Å². The van der Waals surface area contributed by atoms with Crippen molar-refractivity contribution < 1.29 is 9.53 Å². The fourth-order valence-electron chi connectivity index (χ4n) is 3.72. The first-order valence-corrected chi connectivity index (χ1v) is 9.37. The summed E-state index contributed by atoms with van der Waals surface area (Å²) in [4.78, 5) is 23.1. The Labute approximate surface area is 152 Å². The summed E-state index contributed by atoms with van der Waals surface area (Å²) < 4.78 is 5.71. The van der Waals surface area contributed by atoms with Gasteiger partial charge >= 0.3 is 0 Å². The molecule has 0 aliphatic carbocycles. The second-order valence-electron chi connectivity index (χ2n) is 7.07. The van der Waals surface area contributed by atoms with Gasteiger partial charge in [0.1, 0.15) is 5.82 Å². The first kappa shape index (κ1) is 17.0. The summed E-state index contributed by atoms with van der Waals surface area (Å²) in [6.45, 7) is 3.09. The van der Waals surface area contributed by atoms with Crippen molar-refractivity contribution in [3.05, 3.63) is 24.3 Å². The lowest BCUT2D eigenvalue weighted by Gasteiger charge is -2.31. The average molecular weight is 355 g/mol. The van der Waals surface area contributed by atoms with Crippen LogP contribution in [-0.2, 0) is 9.53 Å². The van der Waals surface area contributed by atoms with Crippen molar-refractivity contribution in [2.75, 3.05) is 36.5 Å². The number of hydrogen-bond acceptors (Lipinski definition) is 6. The Balaban J connectivity index is 1.56. The van der Waals surface area contributed by atoms with E-state index < -0.39 is 0 Å². The molecule has 2 aliphatic rings. The van der Waals surface area contributed by atoms with Crippen molar-refractivity contribution in [1.82, 2.24) is 9.97 Å². The van der Waals surface area contributed by atoms with Crippen molar-refractivity contribution in [2.24, 2.45) is 11.7 Å². The summed E-state index contributed by atoms with van der Waals surface area (Å²) >= 11 is 0. The summed E-state index contributed by atoms with van der Waals surface area (Å²) in [7, 11) is 0. The van der Waals surface area contributed by atoms with Crippen LogP contribution in [0.25, 0.3) is 10.9 Å². The van der Waals surface area contributed by atoms with Crippen molar-refractivity contribution in [1.29, 1.82) is 0 Å². The quantitative estimate of drug-likeness (QED) is 0.851. The summed E-state index contributed by atoms with van der Waals surface area (Å²) in [5.74, 6) is 1.31. The monoisotopic (exact) mass is 355 g/mol. The van der Waals surface area contributed by atoms with Crippen LogP contribution in [0.15, 0.2) is 24.3 Å². The average Bonchev–Trinajstić information content (AvgIpc) is 3.19. The zero-order chi connectivity index (χ0) is 17.9. The molecule has 2 aliphatic heterocycles. The molecule has 1 atom stereocenters. The van der Waals surface area contributed by atoms with Gasteiger partial charge in [-0.1, -0.05) is 12.1 Å². The molecule has 0 saturated carbocycles. The number of benzene rings is 1. The number of fused-ring (bicyclic) bond motifs is 1. The molecule has 138 valence electrons. The molecule has 0 radical (unpaired) electrons.